The second-order valence-corrected chi connectivity index (χ2v) is 6.66. The molecule has 9 heteroatoms. The number of benzene rings is 1. The summed E-state index contributed by atoms with van der Waals surface area (Å²) in [4.78, 5) is 4.56. The molecule has 2 heterocycles. The highest BCUT2D eigenvalue weighted by molar-refractivity contribution is 7.92. The number of nitrogens with two attached hydrogens (primary N) is 1. The molecule has 3 N–H and O–H groups in total. The van der Waals surface area contributed by atoms with Crippen molar-refractivity contribution in [1.29, 1.82) is 0 Å². The van der Waals surface area contributed by atoms with E-state index in [1.165, 1.54) is 15.7 Å². The Morgan fingerprint density at radius 3 is 2.71 bits per heavy atom. The predicted octanol–water partition coefficient (Wildman–Crippen LogP) is 1.79. The van der Waals surface area contributed by atoms with E-state index in [1.807, 2.05) is 0 Å². The van der Waals surface area contributed by atoms with Gasteiger partial charge in [0, 0.05) is 17.3 Å². The largest absolute Gasteiger partial charge is 0.497 e. The summed E-state index contributed by atoms with van der Waals surface area (Å²) in [6, 6.07) is 6.55. The Labute approximate surface area is 125 Å². The van der Waals surface area contributed by atoms with Crippen LogP contribution < -0.4 is 15.2 Å². The molecular weight excluding hydrogens is 312 g/mol. The van der Waals surface area contributed by atoms with Crippen LogP contribution in [0.4, 0.5) is 11.5 Å². The molecule has 3 aromatic rings. The lowest BCUT2D eigenvalue weighted by Gasteiger charge is -2.08. The maximum Gasteiger partial charge on any atom is 0.281 e. The van der Waals surface area contributed by atoms with Gasteiger partial charge in [-0.05, 0) is 24.3 Å². The lowest BCUT2D eigenvalue weighted by atomic mass is 10.3. The fourth-order valence-corrected chi connectivity index (χ4v) is 3.96. The number of fused-ring (bicyclic) bond motifs is 1. The molecule has 0 saturated carbocycles. The van der Waals surface area contributed by atoms with Crippen LogP contribution in [0.25, 0.3) is 4.96 Å². The van der Waals surface area contributed by atoms with Gasteiger partial charge in [0.05, 0.1) is 7.11 Å². The third kappa shape index (κ3) is 2.41. The Morgan fingerprint density at radius 2 is 2.05 bits per heavy atom. The summed E-state index contributed by atoms with van der Waals surface area (Å²) >= 11 is 1.31. The molecule has 0 aliphatic rings. The van der Waals surface area contributed by atoms with Crippen LogP contribution in [0.5, 0.6) is 5.75 Å². The van der Waals surface area contributed by atoms with E-state index in [0.717, 1.165) is 0 Å². The number of rotatable bonds is 4. The molecule has 0 atom stereocenters. The van der Waals surface area contributed by atoms with Gasteiger partial charge in [-0.2, -0.15) is 8.42 Å². The second-order valence-electron chi connectivity index (χ2n) is 4.19. The first-order chi connectivity index (χ1) is 10.0. The highest BCUT2D eigenvalue weighted by Crippen LogP contribution is 2.26. The van der Waals surface area contributed by atoms with Crippen molar-refractivity contribution in [2.75, 3.05) is 17.6 Å². The van der Waals surface area contributed by atoms with Crippen LogP contribution in [0, 0.1) is 0 Å². The topological polar surface area (TPSA) is 98.7 Å². The fraction of sp³-hybridized carbons (Fsp3) is 0.0833. The van der Waals surface area contributed by atoms with Crippen LogP contribution in [0.15, 0.2) is 40.9 Å². The smallest absolute Gasteiger partial charge is 0.281 e. The average molecular weight is 324 g/mol. The van der Waals surface area contributed by atoms with Crippen molar-refractivity contribution in [3.05, 3.63) is 35.8 Å². The number of imidazole rings is 1. The summed E-state index contributed by atoms with van der Waals surface area (Å²) in [5.74, 6) is 0.616. The van der Waals surface area contributed by atoms with Crippen LogP contribution in [0.3, 0.4) is 0 Å². The summed E-state index contributed by atoms with van der Waals surface area (Å²) < 4.78 is 33.9. The maximum absolute atomic E-state index is 12.5. The van der Waals surface area contributed by atoms with Crippen molar-refractivity contribution < 1.29 is 13.2 Å². The van der Waals surface area contributed by atoms with Gasteiger partial charge in [-0.15, -0.1) is 11.3 Å². The van der Waals surface area contributed by atoms with Crippen molar-refractivity contribution in [3.8, 4) is 5.75 Å². The molecule has 0 aliphatic carbocycles. The van der Waals surface area contributed by atoms with E-state index >= 15 is 0 Å². The number of nitrogen functional groups attached to an aromatic ring is 1. The minimum atomic E-state index is -3.83. The Balaban J connectivity index is 1.99. The first kappa shape index (κ1) is 13.7. The standard InChI is InChI=1S/C12H12N4O3S2/c1-19-9-4-2-8(3-5-9)15-21(17,18)11-10(13)14-12-16(11)6-7-20-12/h2-7,15H,13H2,1H3. The molecule has 7 nitrogen and oxygen atoms in total. The van der Waals surface area contributed by atoms with Crippen molar-refractivity contribution in [3.63, 3.8) is 0 Å². The summed E-state index contributed by atoms with van der Waals surface area (Å²) in [5, 5.41) is 1.68. The number of thiazole rings is 1. The molecule has 0 bridgehead atoms. The number of methoxy groups -OCH3 is 1. The van der Waals surface area contributed by atoms with E-state index in [4.69, 9.17) is 10.5 Å². The highest BCUT2D eigenvalue weighted by atomic mass is 32.2. The van der Waals surface area contributed by atoms with Gasteiger partial charge in [-0.1, -0.05) is 0 Å². The second kappa shape index (κ2) is 4.93. The minimum Gasteiger partial charge on any atom is -0.497 e. The predicted molar refractivity (Wildman–Crippen MR) is 81.3 cm³/mol. The van der Waals surface area contributed by atoms with Crippen molar-refractivity contribution in [2.24, 2.45) is 0 Å². The molecule has 2 aromatic heterocycles. The number of nitrogens with zero attached hydrogens (tertiary/aromatic N) is 2. The van der Waals surface area contributed by atoms with E-state index in [1.54, 1.807) is 43.0 Å². The quantitative estimate of drug-likeness (QED) is 0.762. The monoisotopic (exact) mass is 324 g/mol. The summed E-state index contributed by atoms with van der Waals surface area (Å²) in [5.41, 5.74) is 6.14. The third-order valence-electron chi connectivity index (χ3n) is 2.84. The number of ether oxygens (including phenoxy) is 1. The zero-order chi connectivity index (χ0) is 15.0. The number of nitrogens with one attached hydrogen (secondary N) is 1. The lowest BCUT2D eigenvalue weighted by molar-refractivity contribution is 0.415. The Kier molecular flexibility index (Phi) is 3.22. The summed E-state index contributed by atoms with van der Waals surface area (Å²) in [6.07, 6.45) is 1.62. The Morgan fingerprint density at radius 1 is 1.33 bits per heavy atom. The molecule has 110 valence electrons. The molecule has 0 aliphatic heterocycles. The first-order valence-electron chi connectivity index (χ1n) is 5.89. The Bertz CT molecular complexity index is 881. The van der Waals surface area contributed by atoms with Crippen LogP contribution >= 0.6 is 11.3 Å². The molecule has 21 heavy (non-hydrogen) atoms. The first-order valence-corrected chi connectivity index (χ1v) is 8.25. The summed E-state index contributed by atoms with van der Waals surface area (Å²) in [7, 11) is -2.28. The van der Waals surface area contributed by atoms with Gasteiger partial charge in [-0.3, -0.25) is 9.12 Å². The van der Waals surface area contributed by atoms with Crippen molar-refractivity contribution >= 4 is 37.8 Å². The van der Waals surface area contributed by atoms with E-state index in [0.29, 0.717) is 16.4 Å². The average Bonchev–Trinajstić information content (AvgIpc) is 2.98. The summed E-state index contributed by atoms with van der Waals surface area (Å²) in [6.45, 7) is 0. The van der Waals surface area contributed by atoms with Gasteiger partial charge in [0.2, 0.25) is 5.03 Å². The normalized spacial score (nSPS) is 11.7. The highest BCUT2D eigenvalue weighted by Gasteiger charge is 2.24. The number of aromatic nitrogens is 2. The Hall–Kier alpha value is -2.26. The van der Waals surface area contributed by atoms with Gasteiger partial charge in [0.1, 0.15) is 5.75 Å². The molecule has 1 aromatic carbocycles. The van der Waals surface area contributed by atoms with Gasteiger partial charge in [-0.25, -0.2) is 4.98 Å². The van der Waals surface area contributed by atoms with E-state index in [2.05, 4.69) is 9.71 Å². The maximum atomic E-state index is 12.5. The SMILES string of the molecule is COc1ccc(NS(=O)(=O)c2c(N)nc3sccn23)cc1. The van der Waals surface area contributed by atoms with E-state index in [-0.39, 0.29) is 10.8 Å². The van der Waals surface area contributed by atoms with Crippen molar-refractivity contribution in [2.45, 2.75) is 5.03 Å². The van der Waals surface area contributed by atoms with E-state index in [9.17, 15) is 8.42 Å². The van der Waals surface area contributed by atoms with Gasteiger partial charge >= 0.3 is 0 Å². The molecule has 0 amide bonds. The van der Waals surface area contributed by atoms with Crippen LogP contribution in [0.1, 0.15) is 0 Å². The molecule has 0 saturated heterocycles. The fourth-order valence-electron chi connectivity index (χ4n) is 1.91. The molecule has 0 fully saturated rings. The lowest BCUT2D eigenvalue weighted by Crippen LogP contribution is -2.16. The van der Waals surface area contributed by atoms with Gasteiger partial charge in [0.15, 0.2) is 10.8 Å². The zero-order valence-electron chi connectivity index (χ0n) is 11.0. The molecular formula is C12H12N4O3S2. The molecule has 0 unspecified atom stereocenters. The molecule has 3 rings (SSSR count). The van der Waals surface area contributed by atoms with E-state index < -0.39 is 10.0 Å². The minimum absolute atomic E-state index is 0.0251. The molecule has 0 spiro atoms. The number of sulfonamides is 1. The van der Waals surface area contributed by atoms with Gasteiger partial charge < -0.3 is 10.5 Å². The third-order valence-corrected chi connectivity index (χ3v) is 5.02. The van der Waals surface area contributed by atoms with Crippen LogP contribution in [-0.2, 0) is 10.0 Å². The number of hydrogen-bond donors (Lipinski definition) is 2. The van der Waals surface area contributed by atoms with Crippen LogP contribution in [0.2, 0.25) is 0 Å². The van der Waals surface area contributed by atoms with Gasteiger partial charge in [0.25, 0.3) is 10.0 Å². The van der Waals surface area contributed by atoms with Crippen LogP contribution in [-0.4, -0.2) is 24.9 Å². The number of anilines is 2. The molecule has 0 radical (unpaired) electrons. The number of hydrogen-bond acceptors (Lipinski definition) is 6. The zero-order valence-corrected chi connectivity index (χ0v) is 12.6. The van der Waals surface area contributed by atoms with Crippen molar-refractivity contribution in [1.82, 2.24) is 9.38 Å².